The van der Waals surface area contributed by atoms with Crippen LogP contribution in [0.2, 0.25) is 0 Å². The lowest BCUT2D eigenvalue weighted by molar-refractivity contribution is -0.138. The smallest absolute Gasteiger partial charge is 0.342 e. The second-order valence-electron chi connectivity index (χ2n) is 10.3. The molecule has 0 aliphatic heterocycles. The molecule has 0 fully saturated rings. The zero-order valence-corrected chi connectivity index (χ0v) is 24.9. The van der Waals surface area contributed by atoms with Crippen LogP contribution in [-0.4, -0.2) is 34.4 Å². The van der Waals surface area contributed by atoms with E-state index in [1.807, 2.05) is 56.3 Å². The minimum Gasteiger partial charge on any atom is -0.422 e. The highest BCUT2D eigenvalue weighted by molar-refractivity contribution is 7.43. The van der Waals surface area contributed by atoms with Gasteiger partial charge in [-0.05, 0) is 54.2 Å². The molecule has 8 heteroatoms. The Bertz CT molecular complexity index is 1630. The van der Waals surface area contributed by atoms with E-state index in [-0.39, 0.29) is 11.7 Å². The van der Waals surface area contributed by atoms with Crippen molar-refractivity contribution in [1.29, 1.82) is 0 Å². The third-order valence-electron chi connectivity index (χ3n) is 7.11. The van der Waals surface area contributed by atoms with Gasteiger partial charge in [-0.1, -0.05) is 86.5 Å². The second kappa shape index (κ2) is 13.3. The lowest BCUT2D eigenvalue weighted by Gasteiger charge is -2.28. The van der Waals surface area contributed by atoms with E-state index in [1.54, 1.807) is 18.2 Å². The number of hydrogen-bond donors (Lipinski definition) is 1. The molecular formula is C34H33FNO5P. The summed E-state index contributed by atoms with van der Waals surface area (Å²) in [6.07, 6.45) is 4.80. The third kappa shape index (κ3) is 6.22. The lowest BCUT2D eigenvalue weighted by Crippen LogP contribution is -2.46. The highest BCUT2D eigenvalue weighted by Crippen LogP contribution is 2.45. The Hall–Kier alpha value is -4.08. The minimum absolute atomic E-state index is 0.0806. The molecule has 6 nitrogen and oxygen atoms in total. The number of aliphatic hydroxyl groups is 1. The molecule has 3 aromatic carbocycles. The number of aliphatic hydroxyl groups excluding tert-OH is 1. The number of nitrogens with zero attached hydrogens (tertiary/aromatic N) is 1. The molecule has 3 unspecified atom stereocenters. The van der Waals surface area contributed by atoms with Crippen LogP contribution in [0.3, 0.4) is 0 Å². The summed E-state index contributed by atoms with van der Waals surface area (Å²) in [6, 6.07) is 25.5. The Morgan fingerprint density at radius 1 is 1.02 bits per heavy atom. The second-order valence-corrected chi connectivity index (χ2v) is 12.0. The fraction of sp³-hybridized carbons (Fsp3) is 0.235. The first-order valence-electron chi connectivity index (χ1n) is 13.5. The zero-order chi connectivity index (χ0) is 30.4. The monoisotopic (exact) mass is 585 g/mol. The SMILES string of the molecule is C#CC(C(=O)Oc1c(-c2ccc(F)cc2)cc(-c2ccccc2Cc2ccccc2)nc1C(C)C)(C(C)O)[PH](=O)OC. The number of pyridine rings is 1. The van der Waals surface area contributed by atoms with Crippen molar-refractivity contribution in [3.63, 3.8) is 0 Å². The topological polar surface area (TPSA) is 85.7 Å². The summed E-state index contributed by atoms with van der Waals surface area (Å²) in [6.45, 7) is 5.06. The first kappa shape index (κ1) is 30.9. The molecule has 0 spiro atoms. The summed E-state index contributed by atoms with van der Waals surface area (Å²) in [5.41, 5.74) is 5.15. The Labute approximate surface area is 246 Å². The summed E-state index contributed by atoms with van der Waals surface area (Å²) in [5, 5.41) is 8.27. The van der Waals surface area contributed by atoms with Crippen molar-refractivity contribution >= 4 is 14.0 Å². The van der Waals surface area contributed by atoms with Crippen molar-refractivity contribution in [3.05, 3.63) is 108 Å². The first-order valence-corrected chi connectivity index (χ1v) is 14.8. The molecule has 1 heterocycles. The van der Waals surface area contributed by atoms with E-state index in [1.165, 1.54) is 19.1 Å². The van der Waals surface area contributed by atoms with Gasteiger partial charge in [-0.2, -0.15) is 0 Å². The molecule has 0 amide bonds. The van der Waals surface area contributed by atoms with Gasteiger partial charge in [-0.15, -0.1) is 6.42 Å². The summed E-state index contributed by atoms with van der Waals surface area (Å²) >= 11 is 0. The van der Waals surface area contributed by atoms with Crippen LogP contribution in [0.25, 0.3) is 22.4 Å². The third-order valence-corrected chi connectivity index (χ3v) is 8.89. The number of carbonyl (C=O) groups excluding carboxylic acids is 1. The van der Waals surface area contributed by atoms with Gasteiger partial charge in [0.25, 0.3) is 0 Å². The van der Waals surface area contributed by atoms with Crippen LogP contribution >= 0.6 is 8.03 Å². The minimum atomic E-state index is -3.28. The van der Waals surface area contributed by atoms with Crippen molar-refractivity contribution in [2.75, 3.05) is 7.11 Å². The molecule has 1 N–H and O–H groups in total. The number of carbonyl (C=O) groups is 1. The predicted molar refractivity (Wildman–Crippen MR) is 163 cm³/mol. The molecular weight excluding hydrogens is 552 g/mol. The van der Waals surface area contributed by atoms with Crippen LogP contribution in [0.1, 0.15) is 43.5 Å². The van der Waals surface area contributed by atoms with Crippen LogP contribution in [0, 0.1) is 18.2 Å². The maximum Gasteiger partial charge on any atom is 0.342 e. The van der Waals surface area contributed by atoms with Gasteiger partial charge in [0.05, 0.1) is 17.5 Å². The molecule has 0 saturated heterocycles. The van der Waals surface area contributed by atoms with E-state index in [4.69, 9.17) is 20.7 Å². The fourth-order valence-corrected chi connectivity index (χ4v) is 5.77. The van der Waals surface area contributed by atoms with E-state index < -0.39 is 31.1 Å². The maximum absolute atomic E-state index is 14.0. The van der Waals surface area contributed by atoms with Crippen LogP contribution in [0.4, 0.5) is 4.39 Å². The molecule has 42 heavy (non-hydrogen) atoms. The average molecular weight is 586 g/mol. The predicted octanol–water partition coefficient (Wildman–Crippen LogP) is 7.05. The molecule has 1 aromatic heterocycles. The molecule has 0 bridgehead atoms. The van der Waals surface area contributed by atoms with Crippen molar-refractivity contribution in [2.45, 2.75) is 44.4 Å². The van der Waals surface area contributed by atoms with Gasteiger partial charge in [-0.3, -0.25) is 4.57 Å². The van der Waals surface area contributed by atoms with Gasteiger partial charge in [0.2, 0.25) is 13.2 Å². The first-order chi connectivity index (χ1) is 20.1. The quantitative estimate of drug-likeness (QED) is 0.122. The Morgan fingerprint density at radius 2 is 1.67 bits per heavy atom. The van der Waals surface area contributed by atoms with E-state index in [0.29, 0.717) is 28.9 Å². The number of hydrogen-bond acceptors (Lipinski definition) is 6. The molecule has 0 radical (unpaired) electrons. The van der Waals surface area contributed by atoms with Gasteiger partial charge in [-0.25, -0.2) is 14.2 Å². The Kier molecular flexibility index (Phi) is 9.75. The molecule has 0 aliphatic rings. The number of benzene rings is 3. The molecule has 4 aromatic rings. The molecule has 216 valence electrons. The van der Waals surface area contributed by atoms with Crippen LogP contribution in [0.15, 0.2) is 84.9 Å². The van der Waals surface area contributed by atoms with Crippen molar-refractivity contribution in [3.8, 4) is 40.5 Å². The molecule has 3 atom stereocenters. The Morgan fingerprint density at radius 3 is 2.26 bits per heavy atom. The van der Waals surface area contributed by atoms with Crippen molar-refractivity contribution in [2.24, 2.45) is 0 Å². The number of ether oxygens (including phenoxy) is 1. The summed E-state index contributed by atoms with van der Waals surface area (Å²) in [7, 11) is -2.13. The van der Waals surface area contributed by atoms with Gasteiger partial charge in [0.15, 0.2) is 5.75 Å². The van der Waals surface area contributed by atoms with Crippen molar-refractivity contribution in [1.82, 2.24) is 4.98 Å². The van der Waals surface area contributed by atoms with Gasteiger partial charge in [0.1, 0.15) is 5.82 Å². The standard InChI is InChI=1S/C34H33FNO5P/c1-6-34(23(4)37,42(39)40-5)33(38)41-32-29(25-16-18-27(35)19-17-25)21-30(36-31(32)22(2)3)28-15-11-10-14-26(28)20-24-12-8-7-9-13-24/h1,7-19,21-23,37,42H,20H2,2-5H3. The van der Waals surface area contributed by atoms with E-state index in [2.05, 4.69) is 18.1 Å². The summed E-state index contributed by atoms with van der Waals surface area (Å²) < 4.78 is 37.7. The van der Waals surface area contributed by atoms with Crippen molar-refractivity contribution < 1.29 is 28.1 Å². The largest absolute Gasteiger partial charge is 0.422 e. The van der Waals surface area contributed by atoms with E-state index in [0.717, 1.165) is 23.8 Å². The number of halogens is 1. The highest BCUT2D eigenvalue weighted by Gasteiger charge is 2.50. The van der Waals surface area contributed by atoms with Crippen LogP contribution in [0.5, 0.6) is 5.75 Å². The summed E-state index contributed by atoms with van der Waals surface area (Å²) in [4.78, 5) is 18.6. The highest BCUT2D eigenvalue weighted by atomic mass is 31.1. The van der Waals surface area contributed by atoms with Crippen LogP contribution in [-0.2, 0) is 20.3 Å². The number of terminal acetylenes is 1. The van der Waals surface area contributed by atoms with Gasteiger partial charge < -0.3 is 14.4 Å². The number of aromatic nitrogens is 1. The van der Waals surface area contributed by atoms with E-state index >= 15 is 0 Å². The average Bonchev–Trinajstić information content (AvgIpc) is 2.98. The maximum atomic E-state index is 14.0. The lowest BCUT2D eigenvalue weighted by atomic mass is 9.93. The van der Waals surface area contributed by atoms with Gasteiger partial charge >= 0.3 is 5.97 Å². The van der Waals surface area contributed by atoms with Crippen LogP contribution < -0.4 is 4.74 Å². The van der Waals surface area contributed by atoms with E-state index in [9.17, 15) is 18.9 Å². The normalized spacial score (nSPS) is 14.0. The molecule has 0 aliphatic carbocycles. The fourth-order valence-electron chi connectivity index (χ4n) is 4.77. The zero-order valence-electron chi connectivity index (χ0n) is 23.9. The number of rotatable bonds is 10. The molecule has 4 rings (SSSR count). The molecule has 0 saturated carbocycles. The number of esters is 1. The summed E-state index contributed by atoms with van der Waals surface area (Å²) in [5.74, 6) is 0.497. The van der Waals surface area contributed by atoms with Gasteiger partial charge in [0, 0.05) is 18.2 Å². The Balaban J connectivity index is 1.94.